The second kappa shape index (κ2) is 12.0. The highest BCUT2D eigenvalue weighted by molar-refractivity contribution is 6.31. The smallest absolute Gasteiger partial charge is 0.418 e. The fourth-order valence-corrected chi connectivity index (χ4v) is 5.68. The summed E-state index contributed by atoms with van der Waals surface area (Å²) in [4.78, 5) is 39.1. The molecule has 0 aliphatic carbocycles. The van der Waals surface area contributed by atoms with E-state index in [2.05, 4.69) is 5.32 Å². The average molecular weight is 647 g/mol. The maximum Gasteiger partial charge on any atom is 0.418 e. The SMILES string of the molecule is Cc1cc2cc(c1F)[C@H](CC(=O)O)NC(=O)[C@H](n1ccc(C(F)(F)F)c(Cl)c1=O)c1cc(ccc1F)COc1cccc(C)c1-2. The van der Waals surface area contributed by atoms with E-state index < -0.39 is 69.9 Å². The van der Waals surface area contributed by atoms with Crippen molar-refractivity contribution >= 4 is 23.5 Å². The van der Waals surface area contributed by atoms with Crippen molar-refractivity contribution in [1.82, 2.24) is 9.88 Å². The van der Waals surface area contributed by atoms with E-state index in [4.69, 9.17) is 16.3 Å². The van der Waals surface area contributed by atoms with Crippen LogP contribution in [-0.2, 0) is 22.4 Å². The van der Waals surface area contributed by atoms with Crippen LogP contribution in [0.2, 0.25) is 5.02 Å². The summed E-state index contributed by atoms with van der Waals surface area (Å²) in [5, 5.41) is 10.9. The van der Waals surface area contributed by atoms with Gasteiger partial charge in [-0.05, 0) is 72.5 Å². The number of aromatic nitrogens is 1. The molecule has 0 radical (unpaired) electrons. The van der Waals surface area contributed by atoms with Gasteiger partial charge >= 0.3 is 12.1 Å². The van der Waals surface area contributed by atoms with Gasteiger partial charge in [-0.3, -0.25) is 19.0 Å². The first-order valence-electron chi connectivity index (χ1n) is 13.5. The van der Waals surface area contributed by atoms with Crippen LogP contribution >= 0.6 is 11.6 Å². The highest BCUT2D eigenvalue weighted by Crippen LogP contribution is 2.38. The van der Waals surface area contributed by atoms with E-state index in [0.717, 1.165) is 11.6 Å². The number of rotatable bonds is 3. The first kappa shape index (κ1) is 31.7. The molecule has 3 aromatic carbocycles. The molecule has 4 aromatic rings. The number of carbonyl (C=O) groups is 2. The Balaban J connectivity index is 1.79. The standard InChI is InChI=1S/C32H24ClF5N2O5/c1-15-4-3-5-24-26(15)18-10-16(2)28(35)20(12-18)23(13-25(41)42)39-30(43)29(19-11-17(14-45-24)6-7-22(19)34)40-9-8-21(32(36,37)38)27(33)31(40)44/h3-12,23,29H,13-14H2,1-2H3,(H,39,43)(H,41,42)/t23-,29+/m0/s1. The van der Waals surface area contributed by atoms with Gasteiger partial charge in [0, 0.05) is 22.9 Å². The zero-order valence-corrected chi connectivity index (χ0v) is 24.4. The highest BCUT2D eigenvalue weighted by Gasteiger charge is 2.37. The normalized spacial score (nSPS) is 16.7. The summed E-state index contributed by atoms with van der Waals surface area (Å²) in [6.45, 7) is 3.10. The number of halogens is 6. The number of nitrogens with one attached hydrogen (secondary N) is 1. The number of alkyl halides is 3. The van der Waals surface area contributed by atoms with Gasteiger partial charge in [-0.25, -0.2) is 8.78 Å². The molecule has 1 aliphatic rings. The zero-order chi connectivity index (χ0) is 32.8. The van der Waals surface area contributed by atoms with E-state index in [1.54, 1.807) is 31.2 Å². The van der Waals surface area contributed by atoms with Gasteiger partial charge in [0.25, 0.3) is 5.56 Å². The van der Waals surface area contributed by atoms with Gasteiger partial charge in [0.15, 0.2) is 0 Å². The van der Waals surface area contributed by atoms with Gasteiger partial charge in [-0.1, -0.05) is 29.8 Å². The van der Waals surface area contributed by atoms with E-state index in [0.29, 0.717) is 39.3 Å². The van der Waals surface area contributed by atoms with Gasteiger partial charge in [0.05, 0.1) is 18.0 Å². The van der Waals surface area contributed by atoms with Gasteiger partial charge in [0.1, 0.15) is 35.1 Å². The monoisotopic (exact) mass is 646 g/mol. The molecule has 2 atom stereocenters. The molecule has 0 spiro atoms. The van der Waals surface area contributed by atoms with Crippen LogP contribution in [0, 0.1) is 25.5 Å². The molecule has 2 heterocycles. The Morgan fingerprint density at radius 2 is 1.78 bits per heavy atom. The van der Waals surface area contributed by atoms with Gasteiger partial charge in [-0.15, -0.1) is 0 Å². The van der Waals surface area contributed by atoms with Gasteiger partial charge in [0.2, 0.25) is 5.91 Å². The number of nitrogens with zero attached hydrogens (tertiary/aromatic N) is 1. The van der Waals surface area contributed by atoms with Crippen LogP contribution in [0.1, 0.15) is 51.9 Å². The quantitative estimate of drug-likeness (QED) is 0.236. The summed E-state index contributed by atoms with van der Waals surface area (Å²) < 4.78 is 78.2. The van der Waals surface area contributed by atoms with E-state index in [1.165, 1.54) is 25.1 Å². The number of carboxylic acid groups (broad SMARTS) is 1. The molecule has 0 unspecified atom stereocenters. The van der Waals surface area contributed by atoms with Crippen LogP contribution < -0.4 is 15.6 Å². The summed E-state index contributed by atoms with van der Waals surface area (Å²) >= 11 is 5.81. The lowest BCUT2D eigenvalue weighted by Crippen LogP contribution is -2.41. The van der Waals surface area contributed by atoms with E-state index in [1.807, 2.05) is 0 Å². The Morgan fingerprint density at radius 1 is 1.04 bits per heavy atom. The molecule has 1 aromatic heterocycles. The molecule has 5 rings (SSSR count). The predicted octanol–water partition coefficient (Wildman–Crippen LogP) is 6.90. The lowest BCUT2D eigenvalue weighted by atomic mass is 9.91. The van der Waals surface area contributed by atoms with Crippen molar-refractivity contribution in [3.63, 3.8) is 0 Å². The number of hydrogen-bond acceptors (Lipinski definition) is 4. The first-order valence-corrected chi connectivity index (χ1v) is 13.9. The molecule has 0 saturated carbocycles. The first-order chi connectivity index (χ1) is 21.2. The van der Waals surface area contributed by atoms with E-state index in [9.17, 15) is 32.7 Å². The van der Waals surface area contributed by atoms with Crippen molar-refractivity contribution < 1.29 is 41.4 Å². The number of hydrogen-bond donors (Lipinski definition) is 2. The molecule has 1 aliphatic heterocycles. The Hall–Kier alpha value is -4.71. The number of aliphatic carboxylic acids is 1. The summed E-state index contributed by atoms with van der Waals surface area (Å²) in [6.07, 6.45) is -5.20. The van der Waals surface area contributed by atoms with Crippen molar-refractivity contribution in [1.29, 1.82) is 0 Å². The molecule has 4 bridgehead atoms. The number of ether oxygens (including phenoxy) is 1. The molecule has 0 saturated heterocycles. The molecule has 234 valence electrons. The number of fused-ring (bicyclic) bond motifs is 6. The molecule has 45 heavy (non-hydrogen) atoms. The molecule has 2 N–H and O–H groups in total. The molecular weight excluding hydrogens is 623 g/mol. The summed E-state index contributed by atoms with van der Waals surface area (Å²) in [7, 11) is 0. The lowest BCUT2D eigenvalue weighted by molar-refractivity contribution is -0.138. The van der Waals surface area contributed by atoms with Gasteiger partial charge < -0.3 is 15.2 Å². The van der Waals surface area contributed by atoms with Crippen molar-refractivity contribution in [3.05, 3.63) is 121 Å². The summed E-state index contributed by atoms with van der Waals surface area (Å²) in [5.41, 5.74) is -1.38. The molecule has 7 nitrogen and oxygen atoms in total. The number of amides is 1. The van der Waals surface area contributed by atoms with Crippen LogP contribution in [0.3, 0.4) is 0 Å². The van der Waals surface area contributed by atoms with Crippen LogP contribution in [0.5, 0.6) is 5.75 Å². The molecule has 1 amide bonds. The van der Waals surface area contributed by atoms with E-state index in [-0.39, 0.29) is 17.7 Å². The minimum atomic E-state index is -5.01. The number of pyridine rings is 1. The molecule has 13 heteroatoms. The Labute approximate surface area is 257 Å². The Kier molecular flexibility index (Phi) is 8.45. The summed E-state index contributed by atoms with van der Waals surface area (Å²) in [6, 6.07) is 8.60. The maximum absolute atomic E-state index is 15.7. The Bertz CT molecular complexity index is 1910. The number of carboxylic acids is 1. The average Bonchev–Trinajstić information content (AvgIpc) is 2.95. The van der Waals surface area contributed by atoms with Crippen LogP contribution in [-0.4, -0.2) is 21.6 Å². The second-order valence-electron chi connectivity index (χ2n) is 10.6. The maximum atomic E-state index is 15.7. The minimum absolute atomic E-state index is 0.118. The van der Waals surface area contributed by atoms with Gasteiger partial charge in [-0.2, -0.15) is 13.2 Å². The third kappa shape index (κ3) is 6.15. The fraction of sp³-hybridized carbons (Fsp3) is 0.219. The van der Waals surface area contributed by atoms with Crippen molar-refractivity contribution in [2.45, 2.75) is 45.1 Å². The number of benzene rings is 3. The third-order valence-corrected chi connectivity index (χ3v) is 7.88. The fourth-order valence-electron chi connectivity index (χ4n) is 5.41. The zero-order valence-electron chi connectivity index (χ0n) is 23.6. The number of aryl methyl sites for hydroxylation is 2. The lowest BCUT2D eigenvalue weighted by Gasteiger charge is -2.27. The van der Waals surface area contributed by atoms with Crippen LogP contribution in [0.4, 0.5) is 22.0 Å². The highest BCUT2D eigenvalue weighted by atomic mass is 35.5. The minimum Gasteiger partial charge on any atom is -0.488 e. The number of carbonyl (C=O) groups excluding carboxylic acids is 1. The predicted molar refractivity (Wildman–Crippen MR) is 154 cm³/mol. The molecule has 0 fully saturated rings. The van der Waals surface area contributed by atoms with Crippen molar-refractivity contribution in [3.8, 4) is 16.9 Å². The largest absolute Gasteiger partial charge is 0.488 e. The van der Waals surface area contributed by atoms with Crippen molar-refractivity contribution in [2.75, 3.05) is 0 Å². The summed E-state index contributed by atoms with van der Waals surface area (Å²) in [5.74, 6) is -4.09. The molecular formula is C32H24ClF5N2O5. The topological polar surface area (TPSA) is 97.6 Å². The van der Waals surface area contributed by atoms with Crippen LogP contribution in [0.25, 0.3) is 11.1 Å². The third-order valence-electron chi connectivity index (χ3n) is 7.52. The van der Waals surface area contributed by atoms with Crippen molar-refractivity contribution in [2.24, 2.45) is 0 Å². The van der Waals surface area contributed by atoms with Crippen LogP contribution in [0.15, 0.2) is 65.6 Å². The van der Waals surface area contributed by atoms with E-state index >= 15 is 8.78 Å². The Morgan fingerprint density at radius 3 is 2.47 bits per heavy atom. The second-order valence-corrected chi connectivity index (χ2v) is 11.0.